The van der Waals surface area contributed by atoms with Crippen LogP contribution >= 0.6 is 0 Å². The van der Waals surface area contributed by atoms with E-state index in [1.165, 1.54) is 0 Å². The van der Waals surface area contributed by atoms with Crippen LogP contribution in [-0.2, 0) is 14.3 Å². The fraction of sp³-hybridized carbons (Fsp3) is 0.200. The van der Waals surface area contributed by atoms with Crippen molar-refractivity contribution in [2.45, 2.75) is 12.2 Å². The largest absolute Gasteiger partial charge is 0.439 e. The summed E-state index contributed by atoms with van der Waals surface area (Å²) in [6.07, 6.45) is -0.208. The standard InChI is InChI=1S/C10H6O5/c11-8-5-10(9(12)13-8)14-6-3-1-2-4-7(6)15-10/h1-4H,5H2. The molecule has 0 atom stereocenters. The van der Waals surface area contributed by atoms with Gasteiger partial charge in [-0.1, -0.05) is 12.1 Å². The maximum absolute atomic E-state index is 11.4. The van der Waals surface area contributed by atoms with E-state index in [4.69, 9.17) is 9.47 Å². The first-order valence-corrected chi connectivity index (χ1v) is 4.42. The molecule has 0 radical (unpaired) electrons. The molecule has 5 nitrogen and oxygen atoms in total. The molecule has 2 aliphatic heterocycles. The summed E-state index contributed by atoms with van der Waals surface area (Å²) in [6, 6.07) is 6.84. The van der Waals surface area contributed by atoms with Gasteiger partial charge in [-0.2, -0.15) is 0 Å². The summed E-state index contributed by atoms with van der Waals surface area (Å²) >= 11 is 0. The van der Waals surface area contributed by atoms with Crippen molar-refractivity contribution in [2.24, 2.45) is 0 Å². The van der Waals surface area contributed by atoms with Crippen molar-refractivity contribution in [3.63, 3.8) is 0 Å². The first-order chi connectivity index (χ1) is 7.20. The molecule has 1 fully saturated rings. The maximum atomic E-state index is 11.4. The van der Waals surface area contributed by atoms with E-state index >= 15 is 0 Å². The summed E-state index contributed by atoms with van der Waals surface area (Å²) in [5.74, 6) is -2.11. The van der Waals surface area contributed by atoms with Crippen molar-refractivity contribution < 1.29 is 23.8 Å². The molecule has 1 aromatic rings. The third-order valence-electron chi connectivity index (χ3n) is 2.29. The van der Waals surface area contributed by atoms with E-state index in [0.717, 1.165) is 0 Å². The van der Waals surface area contributed by atoms with Crippen LogP contribution in [0.3, 0.4) is 0 Å². The van der Waals surface area contributed by atoms with Gasteiger partial charge in [0.2, 0.25) is 0 Å². The number of esters is 2. The zero-order valence-corrected chi connectivity index (χ0v) is 7.56. The first-order valence-electron chi connectivity index (χ1n) is 4.42. The number of cyclic esters (lactones) is 2. The van der Waals surface area contributed by atoms with Crippen LogP contribution in [0, 0.1) is 0 Å². The summed E-state index contributed by atoms with van der Waals surface area (Å²) in [6.45, 7) is 0. The van der Waals surface area contributed by atoms with Gasteiger partial charge in [0.1, 0.15) is 6.42 Å². The average molecular weight is 206 g/mol. The maximum Gasteiger partial charge on any atom is 0.401 e. The molecule has 0 aromatic heterocycles. The molecule has 0 unspecified atom stereocenters. The Bertz CT molecular complexity index is 440. The van der Waals surface area contributed by atoms with Crippen LogP contribution in [0.2, 0.25) is 0 Å². The smallest absolute Gasteiger partial charge is 0.401 e. The van der Waals surface area contributed by atoms with Crippen LogP contribution in [-0.4, -0.2) is 17.7 Å². The number of ether oxygens (including phenoxy) is 3. The van der Waals surface area contributed by atoms with Gasteiger partial charge in [-0.05, 0) is 12.1 Å². The molecule has 3 rings (SSSR count). The second kappa shape index (κ2) is 2.50. The summed E-state index contributed by atoms with van der Waals surface area (Å²) in [5, 5.41) is 0. The molecule has 0 N–H and O–H groups in total. The number of benzene rings is 1. The van der Waals surface area contributed by atoms with Crippen molar-refractivity contribution in [1.82, 2.24) is 0 Å². The van der Waals surface area contributed by atoms with Gasteiger partial charge in [0.05, 0.1) is 0 Å². The Hall–Kier alpha value is -2.04. The number of rotatable bonds is 0. The van der Waals surface area contributed by atoms with E-state index in [2.05, 4.69) is 4.74 Å². The molecule has 76 valence electrons. The predicted molar refractivity (Wildman–Crippen MR) is 46.1 cm³/mol. The Labute approximate surface area is 84.5 Å². The van der Waals surface area contributed by atoms with Crippen molar-refractivity contribution in [3.05, 3.63) is 24.3 Å². The quantitative estimate of drug-likeness (QED) is 0.460. The molecule has 1 saturated heterocycles. The summed E-state index contributed by atoms with van der Waals surface area (Å²) in [7, 11) is 0. The highest BCUT2D eigenvalue weighted by molar-refractivity contribution is 5.99. The molecule has 1 spiro atoms. The lowest BCUT2D eigenvalue weighted by Gasteiger charge is -2.15. The van der Waals surface area contributed by atoms with Crippen molar-refractivity contribution in [2.75, 3.05) is 0 Å². The van der Waals surface area contributed by atoms with Gasteiger partial charge in [0, 0.05) is 0 Å². The van der Waals surface area contributed by atoms with Crippen LogP contribution in [0.25, 0.3) is 0 Å². The second-order valence-corrected chi connectivity index (χ2v) is 3.34. The van der Waals surface area contributed by atoms with E-state index in [-0.39, 0.29) is 6.42 Å². The second-order valence-electron chi connectivity index (χ2n) is 3.34. The average Bonchev–Trinajstić information content (AvgIpc) is 2.67. The molecule has 2 heterocycles. The minimum atomic E-state index is -1.58. The fourth-order valence-corrected chi connectivity index (χ4v) is 1.63. The third-order valence-corrected chi connectivity index (χ3v) is 2.29. The molecule has 5 heteroatoms. The molecule has 0 saturated carbocycles. The summed E-state index contributed by atoms with van der Waals surface area (Å²) in [5.41, 5.74) is 0. The number of fused-ring (bicyclic) bond motifs is 1. The molecule has 0 aliphatic carbocycles. The highest BCUT2D eigenvalue weighted by Crippen LogP contribution is 2.42. The Morgan fingerprint density at radius 1 is 1.07 bits per heavy atom. The van der Waals surface area contributed by atoms with Gasteiger partial charge >= 0.3 is 17.7 Å². The number of hydrogen-bond donors (Lipinski definition) is 0. The normalized spacial score (nSPS) is 20.8. The van der Waals surface area contributed by atoms with Crippen LogP contribution < -0.4 is 9.47 Å². The van der Waals surface area contributed by atoms with E-state index in [1.54, 1.807) is 24.3 Å². The summed E-state index contributed by atoms with van der Waals surface area (Å²) in [4.78, 5) is 22.3. The Morgan fingerprint density at radius 2 is 1.67 bits per heavy atom. The molecule has 1 aromatic carbocycles. The number of para-hydroxylation sites is 2. The van der Waals surface area contributed by atoms with Crippen molar-refractivity contribution in [1.29, 1.82) is 0 Å². The number of carbonyl (C=O) groups is 2. The van der Waals surface area contributed by atoms with Crippen LogP contribution in [0.5, 0.6) is 11.5 Å². The molecule has 0 bridgehead atoms. The lowest BCUT2D eigenvalue weighted by atomic mass is 10.2. The zero-order valence-electron chi connectivity index (χ0n) is 7.56. The summed E-state index contributed by atoms with van der Waals surface area (Å²) < 4.78 is 15.0. The minimum Gasteiger partial charge on any atom is -0.439 e. The van der Waals surface area contributed by atoms with Crippen molar-refractivity contribution in [3.8, 4) is 11.5 Å². The Morgan fingerprint density at radius 3 is 2.13 bits per heavy atom. The topological polar surface area (TPSA) is 61.8 Å². The van der Waals surface area contributed by atoms with E-state index in [1.807, 2.05) is 0 Å². The van der Waals surface area contributed by atoms with Gasteiger partial charge in [-0.25, -0.2) is 4.79 Å². The van der Waals surface area contributed by atoms with Crippen LogP contribution in [0.1, 0.15) is 6.42 Å². The first kappa shape index (κ1) is 8.28. The molecule has 2 aliphatic rings. The van der Waals surface area contributed by atoms with E-state index < -0.39 is 17.7 Å². The van der Waals surface area contributed by atoms with E-state index in [9.17, 15) is 9.59 Å². The molecular formula is C10H6O5. The van der Waals surface area contributed by atoms with Gasteiger partial charge in [-0.3, -0.25) is 4.79 Å². The number of carbonyl (C=O) groups excluding carboxylic acids is 2. The third kappa shape index (κ3) is 1.03. The predicted octanol–water partition coefficient (Wildman–Crippen LogP) is 0.628. The lowest BCUT2D eigenvalue weighted by Crippen LogP contribution is -2.43. The van der Waals surface area contributed by atoms with Gasteiger partial charge < -0.3 is 14.2 Å². The highest BCUT2D eigenvalue weighted by Gasteiger charge is 2.58. The lowest BCUT2D eigenvalue weighted by molar-refractivity contribution is -0.168. The van der Waals surface area contributed by atoms with Gasteiger partial charge in [0.25, 0.3) is 0 Å². The zero-order chi connectivity index (χ0) is 10.5. The van der Waals surface area contributed by atoms with Crippen molar-refractivity contribution >= 4 is 11.9 Å². The fourth-order valence-electron chi connectivity index (χ4n) is 1.63. The molecular weight excluding hydrogens is 200 g/mol. The van der Waals surface area contributed by atoms with Crippen LogP contribution in [0.4, 0.5) is 0 Å². The number of hydrogen-bond acceptors (Lipinski definition) is 5. The highest BCUT2D eigenvalue weighted by atomic mass is 16.8. The van der Waals surface area contributed by atoms with Gasteiger partial charge in [-0.15, -0.1) is 0 Å². The van der Waals surface area contributed by atoms with Gasteiger partial charge in [0.15, 0.2) is 11.5 Å². The minimum absolute atomic E-state index is 0.208. The molecule has 15 heavy (non-hydrogen) atoms. The Kier molecular flexibility index (Phi) is 1.38. The SMILES string of the molecule is O=C1CC2(Oc3ccccc3O2)C(=O)O1. The van der Waals surface area contributed by atoms with Crippen LogP contribution in [0.15, 0.2) is 24.3 Å². The van der Waals surface area contributed by atoms with E-state index in [0.29, 0.717) is 11.5 Å². The Balaban J connectivity index is 2.01. The molecule has 0 amide bonds. The monoisotopic (exact) mass is 206 g/mol.